The number of carbonyl (C=O) groups excluding carboxylic acids is 1. The molecule has 1 aliphatic heterocycles. The van der Waals surface area contributed by atoms with Crippen LogP contribution in [0.15, 0.2) is 36.5 Å². The molecule has 0 N–H and O–H groups in total. The fraction of sp³-hybridized carbons (Fsp3) is 0.474. The van der Waals surface area contributed by atoms with Crippen molar-refractivity contribution < 1.29 is 4.79 Å². The van der Waals surface area contributed by atoms with Crippen molar-refractivity contribution in [1.82, 2.24) is 14.8 Å². The third-order valence-electron chi connectivity index (χ3n) is 5.00. The molecule has 0 spiro atoms. The highest BCUT2D eigenvalue weighted by Gasteiger charge is 2.27. The Kier molecular flexibility index (Phi) is 4.00. The number of nitrogens with zero attached hydrogens (tertiary/aromatic N) is 3. The summed E-state index contributed by atoms with van der Waals surface area (Å²) in [5, 5.41) is 1.10. The van der Waals surface area contributed by atoms with E-state index in [9.17, 15) is 4.79 Å². The minimum absolute atomic E-state index is 0.231. The van der Waals surface area contributed by atoms with Gasteiger partial charge >= 0.3 is 0 Å². The van der Waals surface area contributed by atoms with Gasteiger partial charge in [0.1, 0.15) is 0 Å². The number of carbonyl (C=O) groups is 1. The van der Waals surface area contributed by atoms with Crippen LogP contribution in [0.5, 0.6) is 0 Å². The lowest BCUT2D eigenvalue weighted by Crippen LogP contribution is -2.49. The minimum Gasteiger partial charge on any atom is -0.340 e. The van der Waals surface area contributed by atoms with E-state index in [4.69, 9.17) is 0 Å². The summed E-state index contributed by atoms with van der Waals surface area (Å²) in [6.07, 6.45) is 5.05. The molecule has 1 aromatic heterocycles. The van der Waals surface area contributed by atoms with Gasteiger partial charge in [-0.1, -0.05) is 24.3 Å². The topological polar surface area (TPSA) is 36.4 Å². The molecule has 1 amide bonds. The van der Waals surface area contributed by atoms with E-state index in [0.29, 0.717) is 6.42 Å². The zero-order valence-electron chi connectivity index (χ0n) is 13.4. The molecule has 4 heteroatoms. The summed E-state index contributed by atoms with van der Waals surface area (Å²) >= 11 is 0. The smallest absolute Gasteiger partial charge is 0.227 e. The average Bonchev–Trinajstić information content (AvgIpc) is 3.40. The van der Waals surface area contributed by atoms with Crippen LogP contribution in [0.4, 0.5) is 0 Å². The van der Waals surface area contributed by atoms with Crippen LogP contribution in [0.1, 0.15) is 18.4 Å². The Morgan fingerprint density at radius 3 is 2.65 bits per heavy atom. The molecule has 120 valence electrons. The van der Waals surface area contributed by atoms with Gasteiger partial charge in [0.05, 0.1) is 11.9 Å². The van der Waals surface area contributed by atoms with Crippen molar-refractivity contribution in [3.05, 3.63) is 42.1 Å². The molecule has 23 heavy (non-hydrogen) atoms. The van der Waals surface area contributed by atoms with Crippen molar-refractivity contribution in [3.8, 4) is 0 Å². The van der Waals surface area contributed by atoms with Gasteiger partial charge in [0.25, 0.3) is 0 Å². The molecule has 0 bridgehead atoms. The lowest BCUT2D eigenvalue weighted by molar-refractivity contribution is -0.132. The molecule has 2 aromatic rings. The van der Waals surface area contributed by atoms with Crippen molar-refractivity contribution >= 4 is 16.8 Å². The predicted octanol–water partition coefficient (Wildman–Crippen LogP) is 2.33. The van der Waals surface area contributed by atoms with E-state index >= 15 is 0 Å². The Morgan fingerprint density at radius 2 is 1.87 bits per heavy atom. The number of piperazine rings is 1. The van der Waals surface area contributed by atoms with Gasteiger partial charge in [0, 0.05) is 44.3 Å². The van der Waals surface area contributed by atoms with Gasteiger partial charge in [0.15, 0.2) is 0 Å². The second-order valence-corrected chi connectivity index (χ2v) is 6.79. The first-order valence-corrected chi connectivity index (χ1v) is 8.62. The second kappa shape index (κ2) is 6.28. The fourth-order valence-electron chi connectivity index (χ4n) is 3.43. The molecular weight excluding hydrogens is 286 g/mol. The Hall–Kier alpha value is -1.94. The Bertz CT molecular complexity index is 697. The monoisotopic (exact) mass is 309 g/mol. The SMILES string of the molecule is O=C(Cc1cccc2cccnc12)N1CCN(CC2CC2)CC1. The van der Waals surface area contributed by atoms with Crippen LogP contribution in [-0.4, -0.2) is 53.4 Å². The van der Waals surface area contributed by atoms with Crippen LogP contribution < -0.4 is 0 Å². The molecule has 0 radical (unpaired) electrons. The maximum Gasteiger partial charge on any atom is 0.227 e. The first-order valence-electron chi connectivity index (χ1n) is 8.62. The Morgan fingerprint density at radius 1 is 1.09 bits per heavy atom. The van der Waals surface area contributed by atoms with Crippen LogP contribution in [0.3, 0.4) is 0 Å². The van der Waals surface area contributed by atoms with E-state index in [2.05, 4.69) is 9.88 Å². The molecule has 1 aliphatic carbocycles. The van der Waals surface area contributed by atoms with Gasteiger partial charge in [-0.15, -0.1) is 0 Å². The molecule has 4 rings (SSSR count). The number of para-hydroxylation sites is 1. The summed E-state index contributed by atoms with van der Waals surface area (Å²) in [5.41, 5.74) is 1.99. The van der Waals surface area contributed by atoms with E-state index in [1.807, 2.05) is 35.2 Å². The second-order valence-electron chi connectivity index (χ2n) is 6.79. The van der Waals surface area contributed by atoms with Gasteiger partial charge in [-0.25, -0.2) is 0 Å². The molecule has 1 saturated heterocycles. The zero-order chi connectivity index (χ0) is 15.6. The van der Waals surface area contributed by atoms with Crippen LogP contribution >= 0.6 is 0 Å². The molecule has 2 aliphatic rings. The average molecular weight is 309 g/mol. The van der Waals surface area contributed by atoms with Gasteiger partial charge in [0.2, 0.25) is 5.91 Å². The van der Waals surface area contributed by atoms with Gasteiger partial charge in [-0.05, 0) is 30.4 Å². The summed E-state index contributed by atoms with van der Waals surface area (Å²) in [4.78, 5) is 21.6. The number of benzene rings is 1. The zero-order valence-corrected chi connectivity index (χ0v) is 13.4. The van der Waals surface area contributed by atoms with Crippen LogP contribution in [0, 0.1) is 5.92 Å². The summed E-state index contributed by atoms with van der Waals surface area (Å²) in [7, 11) is 0. The van der Waals surface area contributed by atoms with Crippen LogP contribution in [0.2, 0.25) is 0 Å². The summed E-state index contributed by atoms with van der Waals surface area (Å²) in [6.45, 7) is 5.01. The highest BCUT2D eigenvalue weighted by atomic mass is 16.2. The van der Waals surface area contributed by atoms with E-state index in [-0.39, 0.29) is 5.91 Å². The number of pyridine rings is 1. The van der Waals surface area contributed by atoms with Gasteiger partial charge in [-0.3, -0.25) is 14.7 Å². The molecule has 2 heterocycles. The van der Waals surface area contributed by atoms with Gasteiger partial charge < -0.3 is 4.90 Å². The molecule has 0 unspecified atom stereocenters. The number of rotatable bonds is 4. The minimum atomic E-state index is 0.231. The number of hydrogen-bond donors (Lipinski definition) is 0. The molecule has 1 aromatic carbocycles. The van der Waals surface area contributed by atoms with E-state index in [1.54, 1.807) is 6.20 Å². The van der Waals surface area contributed by atoms with Crippen LogP contribution in [0.25, 0.3) is 10.9 Å². The maximum absolute atomic E-state index is 12.6. The third kappa shape index (κ3) is 3.37. The molecule has 4 nitrogen and oxygen atoms in total. The number of hydrogen-bond acceptors (Lipinski definition) is 3. The summed E-state index contributed by atoms with van der Waals surface area (Å²) in [5.74, 6) is 1.16. The van der Waals surface area contributed by atoms with Crippen LogP contribution in [-0.2, 0) is 11.2 Å². The Balaban J connectivity index is 1.39. The van der Waals surface area contributed by atoms with Crippen molar-refractivity contribution in [1.29, 1.82) is 0 Å². The molecular formula is C19H23N3O. The van der Waals surface area contributed by atoms with Crippen molar-refractivity contribution in [2.75, 3.05) is 32.7 Å². The highest BCUT2D eigenvalue weighted by molar-refractivity contribution is 5.87. The predicted molar refractivity (Wildman–Crippen MR) is 91.2 cm³/mol. The lowest BCUT2D eigenvalue weighted by atomic mass is 10.1. The summed E-state index contributed by atoms with van der Waals surface area (Å²) < 4.78 is 0. The molecule has 0 atom stereocenters. The van der Waals surface area contributed by atoms with Gasteiger partial charge in [-0.2, -0.15) is 0 Å². The molecule has 2 fully saturated rings. The standard InChI is InChI=1S/C19H23N3O/c23-18(22-11-9-21(10-12-22)14-15-6-7-15)13-17-4-1-3-16-5-2-8-20-19(16)17/h1-5,8,15H,6-7,9-14H2. The number of amides is 1. The van der Waals surface area contributed by atoms with Crippen molar-refractivity contribution in [2.24, 2.45) is 5.92 Å². The van der Waals surface area contributed by atoms with E-state index < -0.39 is 0 Å². The Labute approximate surface area is 137 Å². The van der Waals surface area contributed by atoms with E-state index in [1.165, 1.54) is 19.4 Å². The maximum atomic E-state index is 12.6. The number of fused-ring (bicyclic) bond motifs is 1. The van der Waals surface area contributed by atoms with E-state index in [0.717, 1.165) is 48.6 Å². The summed E-state index contributed by atoms with van der Waals surface area (Å²) in [6, 6.07) is 10.1. The lowest BCUT2D eigenvalue weighted by Gasteiger charge is -2.34. The normalized spacial score (nSPS) is 19.2. The van der Waals surface area contributed by atoms with Crippen molar-refractivity contribution in [3.63, 3.8) is 0 Å². The highest BCUT2D eigenvalue weighted by Crippen LogP contribution is 2.30. The largest absolute Gasteiger partial charge is 0.340 e. The first-order chi connectivity index (χ1) is 11.3. The first kappa shape index (κ1) is 14.6. The quantitative estimate of drug-likeness (QED) is 0.870. The molecule has 1 saturated carbocycles. The van der Waals surface area contributed by atoms with Crippen molar-refractivity contribution in [2.45, 2.75) is 19.3 Å². The fourth-order valence-corrected chi connectivity index (χ4v) is 3.43. The third-order valence-corrected chi connectivity index (χ3v) is 5.00. The number of aromatic nitrogens is 1.